The van der Waals surface area contributed by atoms with Crippen LogP contribution < -0.4 is 0 Å². The van der Waals surface area contributed by atoms with Gasteiger partial charge in [0.15, 0.2) is 0 Å². The number of esters is 1. The molecular weight excluding hydrogens is 256 g/mol. The van der Waals surface area contributed by atoms with Crippen molar-refractivity contribution in [3.63, 3.8) is 0 Å². The fourth-order valence-corrected chi connectivity index (χ4v) is 2.25. The Kier molecular flexibility index (Phi) is 4.79. The summed E-state index contributed by atoms with van der Waals surface area (Å²) in [5.41, 5.74) is -0.352. The van der Waals surface area contributed by atoms with Gasteiger partial charge in [0.1, 0.15) is 5.03 Å². The van der Waals surface area contributed by atoms with Gasteiger partial charge < -0.3 is 9.84 Å². The van der Waals surface area contributed by atoms with Crippen LogP contribution in [0, 0.1) is 17.3 Å². The fraction of sp³-hybridized carbons (Fsp3) is 0.692. The highest BCUT2D eigenvalue weighted by molar-refractivity contribution is 6.41. The maximum absolute atomic E-state index is 11.5. The molecule has 4 nitrogen and oxygen atoms in total. The monoisotopic (exact) mass is 274 g/mol. The number of carboxylic acids is 1. The summed E-state index contributed by atoms with van der Waals surface area (Å²) in [4.78, 5) is 22.5. The molecule has 102 valence electrons. The maximum atomic E-state index is 11.5. The second-order valence-corrected chi connectivity index (χ2v) is 5.57. The third kappa shape index (κ3) is 3.25. The Balaban J connectivity index is 2.57. The molecule has 18 heavy (non-hydrogen) atoms. The molecule has 1 aliphatic rings. The minimum atomic E-state index is -0.856. The number of unbranched alkanes of at least 4 members (excludes halogenated alkanes) is 1. The van der Waals surface area contributed by atoms with Gasteiger partial charge in [0.2, 0.25) is 0 Å². The highest BCUT2D eigenvalue weighted by Crippen LogP contribution is 2.59. The molecular formula is C13H19ClO4. The fourth-order valence-electron chi connectivity index (χ4n) is 2.06. The molecule has 0 aliphatic heterocycles. The van der Waals surface area contributed by atoms with Gasteiger partial charge in [-0.25, -0.2) is 4.79 Å². The van der Waals surface area contributed by atoms with E-state index >= 15 is 0 Å². The zero-order valence-corrected chi connectivity index (χ0v) is 11.7. The van der Waals surface area contributed by atoms with Crippen LogP contribution in [0.1, 0.15) is 33.6 Å². The van der Waals surface area contributed by atoms with Gasteiger partial charge >= 0.3 is 11.9 Å². The molecule has 5 heteroatoms. The average molecular weight is 275 g/mol. The summed E-state index contributed by atoms with van der Waals surface area (Å²) in [5, 5.41) is 8.98. The van der Waals surface area contributed by atoms with Crippen molar-refractivity contribution in [2.24, 2.45) is 17.3 Å². The Hall–Kier alpha value is -1.03. The van der Waals surface area contributed by atoms with Gasteiger partial charge in [0.05, 0.1) is 12.5 Å². The van der Waals surface area contributed by atoms with Crippen molar-refractivity contribution in [1.82, 2.24) is 0 Å². The maximum Gasteiger partial charge on any atom is 0.349 e. The van der Waals surface area contributed by atoms with Gasteiger partial charge in [-0.1, -0.05) is 44.9 Å². The summed E-state index contributed by atoms with van der Waals surface area (Å²) in [6, 6.07) is 0. The zero-order chi connectivity index (χ0) is 13.9. The van der Waals surface area contributed by atoms with Crippen molar-refractivity contribution in [2.45, 2.75) is 33.6 Å². The minimum absolute atomic E-state index is 0.0204. The first kappa shape index (κ1) is 15.0. The third-order valence-electron chi connectivity index (χ3n) is 3.43. The molecule has 0 aromatic heterocycles. The normalized spacial score (nSPS) is 25.7. The van der Waals surface area contributed by atoms with E-state index in [4.69, 9.17) is 21.4 Å². The molecule has 0 amide bonds. The van der Waals surface area contributed by atoms with Gasteiger partial charge in [0, 0.05) is 0 Å². The SMILES string of the molecule is CCCCOC(=O)/C(Cl)=C\C1C(C(=O)O)C1(C)C. The van der Waals surface area contributed by atoms with Crippen LogP contribution in [0.5, 0.6) is 0 Å². The van der Waals surface area contributed by atoms with E-state index in [0.717, 1.165) is 12.8 Å². The van der Waals surface area contributed by atoms with Gasteiger partial charge in [0.25, 0.3) is 0 Å². The number of carbonyl (C=O) groups excluding carboxylic acids is 1. The summed E-state index contributed by atoms with van der Waals surface area (Å²) in [6.07, 6.45) is 3.24. The Labute approximate surface area is 112 Å². The molecule has 1 saturated carbocycles. The molecule has 1 aliphatic carbocycles. The lowest BCUT2D eigenvalue weighted by molar-refractivity contribution is -0.140. The van der Waals surface area contributed by atoms with Gasteiger partial charge in [-0.15, -0.1) is 0 Å². The van der Waals surface area contributed by atoms with E-state index in [1.165, 1.54) is 6.08 Å². The molecule has 0 heterocycles. The van der Waals surface area contributed by atoms with Crippen molar-refractivity contribution in [3.8, 4) is 0 Å². The van der Waals surface area contributed by atoms with Crippen molar-refractivity contribution < 1.29 is 19.4 Å². The van der Waals surface area contributed by atoms with E-state index in [1.807, 2.05) is 20.8 Å². The Morgan fingerprint density at radius 2 is 2.06 bits per heavy atom. The van der Waals surface area contributed by atoms with Crippen molar-refractivity contribution in [1.29, 1.82) is 0 Å². The summed E-state index contributed by atoms with van der Waals surface area (Å²) < 4.78 is 4.95. The highest BCUT2D eigenvalue weighted by atomic mass is 35.5. The topological polar surface area (TPSA) is 63.6 Å². The van der Waals surface area contributed by atoms with Crippen LogP contribution in [-0.4, -0.2) is 23.7 Å². The number of halogens is 1. The number of carbonyl (C=O) groups is 2. The molecule has 0 aromatic carbocycles. The molecule has 1 N–H and O–H groups in total. The standard InChI is InChI=1S/C13H19ClO4/c1-4-5-6-18-12(17)9(14)7-8-10(11(15)16)13(8,2)3/h7-8,10H,4-6H2,1-3H3,(H,15,16)/b9-7+. The number of hydrogen-bond donors (Lipinski definition) is 1. The summed E-state index contributed by atoms with van der Waals surface area (Å²) in [7, 11) is 0. The lowest BCUT2D eigenvalue weighted by Crippen LogP contribution is -2.06. The number of allylic oxidation sites excluding steroid dienone is 1. The molecule has 1 rings (SSSR count). The van der Waals surface area contributed by atoms with Crippen LogP contribution in [0.15, 0.2) is 11.1 Å². The molecule has 2 atom stereocenters. The largest absolute Gasteiger partial charge is 0.481 e. The van der Waals surface area contributed by atoms with Gasteiger partial charge in [-0.2, -0.15) is 0 Å². The summed E-state index contributed by atoms with van der Waals surface area (Å²) in [6.45, 7) is 6.03. The van der Waals surface area contributed by atoms with E-state index in [-0.39, 0.29) is 16.4 Å². The minimum Gasteiger partial charge on any atom is -0.481 e. The molecule has 0 bridgehead atoms. The smallest absolute Gasteiger partial charge is 0.349 e. The van der Waals surface area contributed by atoms with Crippen LogP contribution in [0.2, 0.25) is 0 Å². The molecule has 0 saturated heterocycles. The van der Waals surface area contributed by atoms with Crippen LogP contribution in [0.3, 0.4) is 0 Å². The Morgan fingerprint density at radius 3 is 2.50 bits per heavy atom. The number of carboxylic acid groups (broad SMARTS) is 1. The second-order valence-electron chi connectivity index (χ2n) is 5.17. The van der Waals surface area contributed by atoms with Crippen molar-refractivity contribution in [2.75, 3.05) is 6.61 Å². The predicted octanol–water partition coefficient (Wildman–Crippen LogP) is 2.81. The summed E-state index contributed by atoms with van der Waals surface area (Å²) >= 11 is 5.84. The average Bonchev–Trinajstić information content (AvgIpc) is 2.80. The van der Waals surface area contributed by atoms with Crippen molar-refractivity contribution in [3.05, 3.63) is 11.1 Å². The first-order chi connectivity index (χ1) is 8.32. The predicted molar refractivity (Wildman–Crippen MR) is 68.2 cm³/mol. The molecule has 2 unspecified atom stereocenters. The molecule has 0 radical (unpaired) electrons. The van der Waals surface area contributed by atoms with Gasteiger partial charge in [-0.05, 0) is 17.8 Å². The number of rotatable bonds is 6. The quantitative estimate of drug-likeness (QED) is 0.460. The first-order valence-corrected chi connectivity index (χ1v) is 6.47. The molecule has 0 aromatic rings. The van der Waals surface area contributed by atoms with E-state index in [1.54, 1.807) is 0 Å². The Bertz CT molecular complexity index is 373. The number of hydrogen-bond acceptors (Lipinski definition) is 3. The number of aliphatic carboxylic acids is 1. The van der Waals surface area contributed by atoms with Gasteiger partial charge in [-0.3, -0.25) is 4.79 Å². The summed E-state index contributed by atoms with van der Waals surface area (Å²) in [5.74, 6) is -2.11. The molecule has 1 fully saturated rings. The Morgan fingerprint density at radius 1 is 1.44 bits per heavy atom. The molecule has 0 spiro atoms. The van der Waals surface area contributed by atoms with E-state index in [0.29, 0.717) is 6.61 Å². The van der Waals surface area contributed by atoms with E-state index < -0.39 is 17.9 Å². The third-order valence-corrected chi connectivity index (χ3v) is 3.71. The van der Waals surface area contributed by atoms with Crippen molar-refractivity contribution >= 4 is 23.5 Å². The first-order valence-electron chi connectivity index (χ1n) is 6.09. The highest BCUT2D eigenvalue weighted by Gasteiger charge is 2.61. The number of ether oxygens (including phenoxy) is 1. The second kappa shape index (κ2) is 5.74. The lowest BCUT2D eigenvalue weighted by atomic mass is 10.1. The lowest BCUT2D eigenvalue weighted by Gasteiger charge is -2.02. The van der Waals surface area contributed by atoms with Crippen LogP contribution in [0.4, 0.5) is 0 Å². The van der Waals surface area contributed by atoms with Crippen LogP contribution >= 0.6 is 11.6 Å². The zero-order valence-electron chi connectivity index (χ0n) is 10.9. The van der Waals surface area contributed by atoms with Crippen LogP contribution in [-0.2, 0) is 14.3 Å². The van der Waals surface area contributed by atoms with Crippen LogP contribution in [0.25, 0.3) is 0 Å². The van der Waals surface area contributed by atoms with E-state index in [2.05, 4.69) is 0 Å². The van der Waals surface area contributed by atoms with E-state index in [9.17, 15) is 9.59 Å².